The van der Waals surface area contributed by atoms with Gasteiger partial charge in [-0.2, -0.15) is 0 Å². The fourth-order valence-corrected chi connectivity index (χ4v) is 2.29. The average molecular weight is 306 g/mol. The Balaban J connectivity index is 1.72. The van der Waals surface area contributed by atoms with Crippen molar-refractivity contribution in [3.63, 3.8) is 0 Å². The van der Waals surface area contributed by atoms with E-state index in [-0.39, 0.29) is 5.56 Å². The topological polar surface area (TPSA) is 26.3 Å². The molecule has 0 aliphatic heterocycles. The van der Waals surface area contributed by atoms with Crippen LogP contribution in [-0.2, 0) is 6.61 Å². The van der Waals surface area contributed by atoms with E-state index in [9.17, 15) is 9.18 Å². The van der Waals surface area contributed by atoms with Crippen LogP contribution in [0.25, 0.3) is 11.1 Å². The minimum atomic E-state index is -0.512. The van der Waals surface area contributed by atoms with Gasteiger partial charge in [0, 0.05) is 0 Å². The lowest BCUT2D eigenvalue weighted by Crippen LogP contribution is -1.94. The summed E-state index contributed by atoms with van der Waals surface area (Å²) >= 11 is 0. The Morgan fingerprint density at radius 3 is 2.22 bits per heavy atom. The van der Waals surface area contributed by atoms with E-state index >= 15 is 0 Å². The maximum atomic E-state index is 13.7. The molecule has 0 saturated carbocycles. The second kappa shape index (κ2) is 6.88. The average Bonchev–Trinajstić information content (AvgIpc) is 2.61. The molecule has 0 saturated heterocycles. The summed E-state index contributed by atoms with van der Waals surface area (Å²) in [5, 5.41) is 0. The normalized spacial score (nSPS) is 10.3. The molecule has 0 aliphatic rings. The summed E-state index contributed by atoms with van der Waals surface area (Å²) in [6, 6.07) is 21.9. The third-order valence-electron chi connectivity index (χ3n) is 3.56. The fraction of sp³-hybridized carbons (Fsp3) is 0.0500. The first kappa shape index (κ1) is 15.0. The van der Waals surface area contributed by atoms with Crippen LogP contribution in [-0.4, -0.2) is 6.29 Å². The molecular formula is C20H15FO2. The van der Waals surface area contributed by atoms with E-state index in [1.807, 2.05) is 54.6 Å². The van der Waals surface area contributed by atoms with Crippen molar-refractivity contribution in [1.29, 1.82) is 0 Å². The summed E-state index contributed by atoms with van der Waals surface area (Å²) in [6.07, 6.45) is 0.514. The van der Waals surface area contributed by atoms with Crippen molar-refractivity contribution in [2.75, 3.05) is 0 Å². The number of carbonyl (C=O) groups excluding carboxylic acids is 1. The maximum Gasteiger partial charge on any atom is 0.152 e. The summed E-state index contributed by atoms with van der Waals surface area (Å²) in [4.78, 5) is 10.7. The van der Waals surface area contributed by atoms with Crippen molar-refractivity contribution in [3.8, 4) is 16.9 Å². The highest BCUT2D eigenvalue weighted by molar-refractivity contribution is 5.77. The number of hydrogen-bond acceptors (Lipinski definition) is 2. The Bertz CT molecular complexity index is 796. The van der Waals surface area contributed by atoms with Crippen LogP contribution in [0.4, 0.5) is 4.39 Å². The highest BCUT2D eigenvalue weighted by atomic mass is 19.1. The van der Waals surface area contributed by atoms with Crippen LogP contribution in [0, 0.1) is 5.82 Å². The van der Waals surface area contributed by atoms with Crippen LogP contribution in [0.3, 0.4) is 0 Å². The first-order valence-electron chi connectivity index (χ1n) is 7.28. The first-order chi connectivity index (χ1) is 11.3. The van der Waals surface area contributed by atoms with Crippen LogP contribution >= 0.6 is 0 Å². The van der Waals surface area contributed by atoms with Gasteiger partial charge < -0.3 is 4.74 Å². The molecule has 0 atom stereocenters. The van der Waals surface area contributed by atoms with E-state index in [1.165, 1.54) is 12.1 Å². The zero-order valence-electron chi connectivity index (χ0n) is 12.4. The van der Waals surface area contributed by atoms with Crippen molar-refractivity contribution < 1.29 is 13.9 Å². The zero-order chi connectivity index (χ0) is 16.1. The van der Waals surface area contributed by atoms with Crippen LogP contribution < -0.4 is 4.74 Å². The lowest BCUT2D eigenvalue weighted by Gasteiger charge is -2.08. The molecule has 0 radical (unpaired) electrons. The Morgan fingerprint density at radius 1 is 0.870 bits per heavy atom. The largest absolute Gasteiger partial charge is 0.489 e. The Hall–Kier alpha value is -2.94. The summed E-state index contributed by atoms with van der Waals surface area (Å²) in [7, 11) is 0. The van der Waals surface area contributed by atoms with Crippen LogP contribution in [0.2, 0.25) is 0 Å². The molecule has 0 unspecified atom stereocenters. The number of benzene rings is 3. The second-order valence-corrected chi connectivity index (χ2v) is 5.15. The van der Waals surface area contributed by atoms with E-state index in [0.717, 1.165) is 22.4 Å². The van der Waals surface area contributed by atoms with Gasteiger partial charge in [0.2, 0.25) is 0 Å². The van der Waals surface area contributed by atoms with Gasteiger partial charge in [-0.05, 0) is 41.0 Å². The fourth-order valence-electron chi connectivity index (χ4n) is 2.29. The monoisotopic (exact) mass is 306 g/mol. The molecule has 0 amide bonds. The molecule has 2 nitrogen and oxygen atoms in total. The van der Waals surface area contributed by atoms with E-state index in [0.29, 0.717) is 12.9 Å². The van der Waals surface area contributed by atoms with Crippen molar-refractivity contribution >= 4 is 6.29 Å². The molecule has 3 aromatic rings. The number of carbonyl (C=O) groups is 1. The second-order valence-electron chi connectivity index (χ2n) is 5.15. The van der Waals surface area contributed by atoms with Gasteiger partial charge >= 0.3 is 0 Å². The third kappa shape index (κ3) is 3.64. The molecule has 114 valence electrons. The lowest BCUT2D eigenvalue weighted by atomic mass is 10.0. The summed E-state index contributed by atoms with van der Waals surface area (Å²) < 4.78 is 19.4. The van der Waals surface area contributed by atoms with Gasteiger partial charge in [0.1, 0.15) is 18.2 Å². The molecule has 0 N–H and O–H groups in total. The van der Waals surface area contributed by atoms with Gasteiger partial charge in [0.15, 0.2) is 6.29 Å². The van der Waals surface area contributed by atoms with Gasteiger partial charge in [-0.15, -0.1) is 0 Å². The summed E-state index contributed by atoms with van der Waals surface area (Å²) in [6.45, 7) is 0.503. The molecule has 3 aromatic carbocycles. The summed E-state index contributed by atoms with van der Waals surface area (Å²) in [5.41, 5.74) is 2.76. The van der Waals surface area contributed by atoms with Crippen molar-refractivity contribution in [2.24, 2.45) is 0 Å². The standard InChI is InChI=1S/C20H15FO2/c21-20-12-17(6-7-18(20)13-22)16-8-10-19(11-9-16)23-14-15-4-2-1-3-5-15/h1-13H,14H2. The Kier molecular flexibility index (Phi) is 4.48. The maximum absolute atomic E-state index is 13.7. The molecule has 23 heavy (non-hydrogen) atoms. The molecule has 0 bridgehead atoms. The number of halogens is 1. The van der Waals surface area contributed by atoms with Gasteiger partial charge in [-0.25, -0.2) is 4.39 Å². The molecule has 0 aromatic heterocycles. The van der Waals surface area contributed by atoms with Crippen LogP contribution in [0.5, 0.6) is 5.75 Å². The summed E-state index contributed by atoms with van der Waals surface area (Å²) in [5.74, 6) is 0.240. The van der Waals surface area contributed by atoms with E-state index in [4.69, 9.17) is 4.74 Å². The highest BCUT2D eigenvalue weighted by Crippen LogP contribution is 2.24. The number of ether oxygens (including phenoxy) is 1. The van der Waals surface area contributed by atoms with Crippen LogP contribution in [0.1, 0.15) is 15.9 Å². The molecule has 3 heteroatoms. The predicted molar refractivity (Wildman–Crippen MR) is 88.0 cm³/mol. The smallest absolute Gasteiger partial charge is 0.152 e. The molecular weight excluding hydrogens is 291 g/mol. The van der Waals surface area contributed by atoms with Crippen molar-refractivity contribution in [1.82, 2.24) is 0 Å². The zero-order valence-corrected chi connectivity index (χ0v) is 12.4. The van der Waals surface area contributed by atoms with Crippen LogP contribution in [0.15, 0.2) is 72.8 Å². The third-order valence-corrected chi connectivity index (χ3v) is 3.56. The first-order valence-corrected chi connectivity index (χ1v) is 7.28. The number of rotatable bonds is 5. The highest BCUT2D eigenvalue weighted by Gasteiger charge is 2.05. The molecule has 0 spiro atoms. The Labute approximate surface area is 134 Å². The van der Waals surface area contributed by atoms with E-state index in [2.05, 4.69) is 0 Å². The van der Waals surface area contributed by atoms with Gasteiger partial charge in [0.05, 0.1) is 5.56 Å². The lowest BCUT2D eigenvalue weighted by molar-refractivity contribution is 0.112. The quantitative estimate of drug-likeness (QED) is 0.628. The number of aldehydes is 1. The minimum Gasteiger partial charge on any atom is -0.489 e. The van der Waals surface area contributed by atoms with Gasteiger partial charge in [0.25, 0.3) is 0 Å². The molecule has 0 aliphatic carbocycles. The predicted octanol–water partition coefficient (Wildman–Crippen LogP) is 4.88. The number of hydrogen-bond donors (Lipinski definition) is 0. The van der Waals surface area contributed by atoms with Gasteiger partial charge in [-0.3, -0.25) is 4.79 Å². The van der Waals surface area contributed by atoms with Gasteiger partial charge in [-0.1, -0.05) is 48.5 Å². The Morgan fingerprint density at radius 2 is 1.57 bits per heavy atom. The minimum absolute atomic E-state index is 0.0663. The SMILES string of the molecule is O=Cc1ccc(-c2ccc(OCc3ccccc3)cc2)cc1F. The van der Waals surface area contributed by atoms with Crippen molar-refractivity contribution in [2.45, 2.75) is 6.61 Å². The molecule has 3 rings (SSSR count). The van der Waals surface area contributed by atoms with Crippen molar-refractivity contribution in [3.05, 3.63) is 89.7 Å². The molecule has 0 heterocycles. The van der Waals surface area contributed by atoms with E-state index < -0.39 is 5.82 Å². The molecule has 0 fully saturated rings. The van der Waals surface area contributed by atoms with E-state index in [1.54, 1.807) is 6.07 Å².